The molecule has 0 bridgehead atoms. The monoisotopic (exact) mass is 384 g/mol. The molecule has 1 aromatic rings. The predicted octanol–water partition coefficient (Wildman–Crippen LogP) is 0.548. The Balaban J connectivity index is 1.77. The van der Waals surface area contributed by atoms with Gasteiger partial charge in [-0.2, -0.15) is 11.3 Å². The first-order valence-electron chi connectivity index (χ1n) is 7.43. The van der Waals surface area contributed by atoms with E-state index in [0.29, 0.717) is 5.56 Å². The molecule has 25 heavy (non-hydrogen) atoms. The van der Waals surface area contributed by atoms with Crippen LogP contribution in [0.4, 0.5) is 0 Å². The highest BCUT2D eigenvalue weighted by Crippen LogP contribution is 2.50. The summed E-state index contributed by atoms with van der Waals surface area (Å²) >= 11 is 2.56. The van der Waals surface area contributed by atoms with E-state index < -0.39 is 51.9 Å². The number of rotatable bonds is 5. The summed E-state index contributed by atoms with van der Waals surface area (Å²) in [5, 5.41) is 23.9. The third-order valence-electron chi connectivity index (χ3n) is 4.36. The minimum absolute atomic E-state index is 0.349. The molecule has 3 heterocycles. The van der Waals surface area contributed by atoms with Gasteiger partial charge in [-0.1, -0.05) is 0 Å². The molecule has 4 atom stereocenters. The van der Waals surface area contributed by atoms with E-state index in [-0.39, 0.29) is 0 Å². The summed E-state index contributed by atoms with van der Waals surface area (Å²) in [5.41, 5.74) is 0.349. The van der Waals surface area contributed by atoms with Crippen LogP contribution < -0.4 is 5.32 Å². The number of carbonyl (C=O) groups is 4. The van der Waals surface area contributed by atoms with Gasteiger partial charge in [0.05, 0.1) is 0 Å². The van der Waals surface area contributed by atoms with Crippen LogP contribution in [0.5, 0.6) is 0 Å². The van der Waals surface area contributed by atoms with Crippen LogP contribution in [0, 0.1) is 0 Å². The summed E-state index contributed by atoms with van der Waals surface area (Å²) in [6, 6.07) is -0.344. The first-order valence-corrected chi connectivity index (χ1v) is 9.25. The molecule has 2 amide bonds. The van der Waals surface area contributed by atoms with Gasteiger partial charge in [0.15, 0.2) is 5.92 Å². The van der Waals surface area contributed by atoms with Crippen molar-refractivity contribution in [3.05, 3.63) is 22.4 Å². The van der Waals surface area contributed by atoms with Crippen molar-refractivity contribution in [2.24, 2.45) is 0 Å². The maximum Gasteiger partial charge on any atom is 0.327 e. The molecule has 0 aromatic carbocycles. The molecule has 2 fully saturated rings. The van der Waals surface area contributed by atoms with E-state index >= 15 is 0 Å². The summed E-state index contributed by atoms with van der Waals surface area (Å²) < 4.78 is -0.703. The predicted molar refractivity (Wildman–Crippen MR) is 90.4 cm³/mol. The number of carbonyl (C=O) groups excluding carboxylic acids is 2. The third kappa shape index (κ3) is 2.78. The van der Waals surface area contributed by atoms with Crippen LogP contribution in [-0.4, -0.2) is 61.1 Å². The molecular weight excluding hydrogens is 368 g/mol. The Morgan fingerprint density at radius 1 is 1.32 bits per heavy atom. The number of hydrogen-bond donors (Lipinski definition) is 3. The van der Waals surface area contributed by atoms with Gasteiger partial charge in [-0.25, -0.2) is 4.79 Å². The molecule has 0 spiro atoms. The molecule has 3 rings (SSSR count). The van der Waals surface area contributed by atoms with Crippen molar-refractivity contribution in [2.75, 3.05) is 0 Å². The normalized spacial score (nSPS) is 28.0. The molecule has 0 saturated carbocycles. The Hall–Kier alpha value is -2.07. The molecule has 3 N–H and O–H groups in total. The fourth-order valence-corrected chi connectivity index (χ4v) is 5.54. The van der Waals surface area contributed by atoms with Gasteiger partial charge in [-0.05, 0) is 36.2 Å². The number of carboxylic acid groups (broad SMARTS) is 2. The minimum Gasteiger partial charge on any atom is -0.480 e. The third-order valence-corrected chi connectivity index (χ3v) is 6.63. The number of amides is 2. The molecule has 8 nitrogen and oxygen atoms in total. The van der Waals surface area contributed by atoms with E-state index in [4.69, 9.17) is 0 Å². The Kier molecular flexibility index (Phi) is 4.28. The summed E-state index contributed by atoms with van der Waals surface area (Å²) in [5.74, 6) is -5.08. The Morgan fingerprint density at radius 3 is 2.52 bits per heavy atom. The van der Waals surface area contributed by atoms with Gasteiger partial charge in [0, 0.05) is 4.75 Å². The number of hydrogen-bond acceptors (Lipinski definition) is 6. The molecule has 134 valence electrons. The van der Waals surface area contributed by atoms with Gasteiger partial charge in [0.1, 0.15) is 17.5 Å². The first kappa shape index (κ1) is 17.7. The van der Waals surface area contributed by atoms with Gasteiger partial charge >= 0.3 is 11.9 Å². The number of thioether (sulfide) groups is 1. The zero-order chi connectivity index (χ0) is 18.5. The standard InChI is InChI=1S/C15H16N2O6S2/c1-15(2)9(14(22)23)17-11(19)8(12(17)25-15)16-10(18)7(13(20)21)6-3-4-24-5-6/h3-5,7-9,12H,1-2H3,(H,16,18)(H,20,21)(H,22,23)/t7?,8-,9+,12-/m1/s1. The number of β-lactam (4-membered cyclic amide) rings is 1. The molecule has 0 aliphatic carbocycles. The van der Waals surface area contributed by atoms with Crippen molar-refractivity contribution in [1.29, 1.82) is 0 Å². The highest BCUT2D eigenvalue weighted by Gasteiger charge is 2.64. The minimum atomic E-state index is -1.40. The van der Waals surface area contributed by atoms with Gasteiger partial charge in [0.25, 0.3) is 0 Å². The van der Waals surface area contributed by atoms with Crippen LogP contribution >= 0.6 is 23.1 Å². The molecule has 0 radical (unpaired) electrons. The average molecular weight is 384 g/mol. The number of nitrogens with zero attached hydrogens (tertiary/aromatic N) is 1. The van der Waals surface area contributed by atoms with Crippen molar-refractivity contribution in [1.82, 2.24) is 10.2 Å². The smallest absolute Gasteiger partial charge is 0.327 e. The van der Waals surface area contributed by atoms with E-state index in [0.717, 1.165) is 0 Å². The lowest BCUT2D eigenvalue weighted by atomic mass is 9.95. The van der Waals surface area contributed by atoms with E-state index in [2.05, 4.69) is 5.32 Å². The quantitative estimate of drug-likeness (QED) is 0.500. The number of nitrogens with one attached hydrogen (secondary N) is 1. The van der Waals surface area contributed by atoms with Gasteiger partial charge in [-0.15, -0.1) is 11.8 Å². The molecule has 2 aliphatic rings. The highest BCUT2D eigenvalue weighted by molar-refractivity contribution is 8.01. The molecule has 2 saturated heterocycles. The molecular formula is C15H16N2O6S2. The number of aliphatic carboxylic acids is 2. The van der Waals surface area contributed by atoms with Crippen molar-refractivity contribution in [3.63, 3.8) is 0 Å². The molecule has 2 aliphatic heterocycles. The van der Waals surface area contributed by atoms with E-state index in [1.807, 2.05) is 0 Å². The first-order chi connectivity index (χ1) is 11.6. The van der Waals surface area contributed by atoms with Crippen molar-refractivity contribution >= 4 is 46.9 Å². The topological polar surface area (TPSA) is 124 Å². The van der Waals surface area contributed by atoms with Crippen LogP contribution in [0.15, 0.2) is 16.8 Å². The Bertz CT molecular complexity index is 747. The van der Waals surface area contributed by atoms with E-state index in [9.17, 15) is 29.4 Å². The van der Waals surface area contributed by atoms with Gasteiger partial charge < -0.3 is 20.4 Å². The van der Waals surface area contributed by atoms with Crippen LogP contribution in [0.1, 0.15) is 25.3 Å². The van der Waals surface area contributed by atoms with Gasteiger partial charge in [-0.3, -0.25) is 14.4 Å². The summed E-state index contributed by atoms with van der Waals surface area (Å²) in [6.45, 7) is 3.46. The Morgan fingerprint density at radius 2 is 2.00 bits per heavy atom. The van der Waals surface area contributed by atoms with Crippen molar-refractivity contribution in [2.45, 2.75) is 42.0 Å². The lowest BCUT2D eigenvalue weighted by Crippen LogP contribution is -2.71. The average Bonchev–Trinajstić information content (AvgIpc) is 3.09. The van der Waals surface area contributed by atoms with Crippen molar-refractivity contribution in [3.8, 4) is 0 Å². The summed E-state index contributed by atoms with van der Waals surface area (Å²) in [6.07, 6.45) is 0. The molecule has 10 heteroatoms. The zero-order valence-corrected chi connectivity index (χ0v) is 15.0. The second-order valence-corrected chi connectivity index (χ2v) is 8.96. The van der Waals surface area contributed by atoms with E-state index in [1.165, 1.54) is 28.0 Å². The SMILES string of the molecule is CC1(C)S[C@@H]2[C@H](NC(=O)C(C(=O)O)c3ccsc3)C(=O)N2[C@H]1C(=O)O. The second-order valence-electron chi connectivity index (χ2n) is 6.41. The largest absolute Gasteiger partial charge is 0.480 e. The maximum absolute atomic E-state index is 12.4. The van der Waals surface area contributed by atoms with Gasteiger partial charge in [0.2, 0.25) is 11.8 Å². The molecule has 1 unspecified atom stereocenters. The second kappa shape index (κ2) is 6.03. The summed E-state index contributed by atoms with van der Waals surface area (Å²) in [4.78, 5) is 48.9. The Labute approximate surface area is 151 Å². The number of carboxylic acids is 2. The fourth-order valence-electron chi connectivity index (χ4n) is 3.23. The lowest BCUT2D eigenvalue weighted by molar-refractivity contribution is -0.161. The molecule has 1 aromatic heterocycles. The fraction of sp³-hybridized carbons (Fsp3) is 0.467. The van der Waals surface area contributed by atoms with Crippen molar-refractivity contribution < 1.29 is 29.4 Å². The lowest BCUT2D eigenvalue weighted by Gasteiger charge is -2.43. The van der Waals surface area contributed by atoms with E-state index in [1.54, 1.807) is 30.7 Å². The number of fused-ring (bicyclic) bond motifs is 1. The highest BCUT2D eigenvalue weighted by atomic mass is 32.2. The van der Waals surface area contributed by atoms with Crippen LogP contribution in [-0.2, 0) is 19.2 Å². The van der Waals surface area contributed by atoms with Crippen LogP contribution in [0.2, 0.25) is 0 Å². The number of thiophene rings is 1. The summed E-state index contributed by atoms with van der Waals surface area (Å²) in [7, 11) is 0. The maximum atomic E-state index is 12.4. The zero-order valence-electron chi connectivity index (χ0n) is 13.3. The van der Waals surface area contributed by atoms with Crippen LogP contribution in [0.3, 0.4) is 0 Å². The van der Waals surface area contributed by atoms with Crippen LogP contribution in [0.25, 0.3) is 0 Å².